The van der Waals surface area contributed by atoms with Crippen LogP contribution in [0.25, 0.3) is 0 Å². The Labute approximate surface area is 227 Å². The zero-order valence-corrected chi connectivity index (χ0v) is 25.0. The van der Waals surface area contributed by atoms with E-state index in [-0.39, 0.29) is 0 Å². The van der Waals surface area contributed by atoms with Crippen molar-refractivity contribution >= 4 is 0 Å². The highest BCUT2D eigenvalue weighted by Crippen LogP contribution is 2.28. The molecule has 4 rings (SSSR count). The van der Waals surface area contributed by atoms with Crippen LogP contribution in [0.2, 0.25) is 0 Å². The van der Waals surface area contributed by atoms with Crippen molar-refractivity contribution in [1.29, 1.82) is 0 Å². The number of nitrogens with one attached hydrogen (secondary N) is 2. The van der Waals surface area contributed by atoms with Crippen molar-refractivity contribution in [3.05, 3.63) is 23.9 Å². The summed E-state index contributed by atoms with van der Waals surface area (Å²) in [7, 11) is 0. The molecule has 0 atom stereocenters. The number of nitrogens with zero attached hydrogens (tertiary/aromatic N) is 2. The van der Waals surface area contributed by atoms with Crippen LogP contribution in [0.3, 0.4) is 0 Å². The number of likely N-dealkylation sites (tertiary alicyclic amines) is 1. The highest BCUT2D eigenvalue weighted by molar-refractivity contribution is 5.23. The molecule has 1 aromatic rings. The van der Waals surface area contributed by atoms with Crippen molar-refractivity contribution in [2.45, 2.75) is 142 Å². The smallest absolute Gasteiger partial charge is 0.213 e. The van der Waals surface area contributed by atoms with Crippen LogP contribution in [0.4, 0.5) is 0 Å². The maximum absolute atomic E-state index is 6.23. The molecule has 6 nitrogen and oxygen atoms in total. The fraction of sp³-hybridized carbons (Fsp3) is 0.839. The van der Waals surface area contributed by atoms with Gasteiger partial charge in [0.15, 0.2) is 0 Å². The standard InChI is InChI=1S/C16H32N2O.C15H24N2O/c1-12(2)11-18-7-5-15(6-8-18)19-16-9-14(10-16)17-13(3)4;1-10(2)12-5-6-16-15(7-12)18-14-8-13(9-14)17-11(3)4/h12-17H,5-11H2,1-4H3;5-7,10-11,13-14,17H,8-9H2,1-4H3. The van der Waals surface area contributed by atoms with Gasteiger partial charge in [-0.25, -0.2) is 4.98 Å². The summed E-state index contributed by atoms with van der Waals surface area (Å²) in [4.78, 5) is 6.88. The average Bonchev–Trinajstić information content (AvgIpc) is 2.77. The summed E-state index contributed by atoms with van der Waals surface area (Å²) >= 11 is 0. The Morgan fingerprint density at radius 2 is 1.41 bits per heavy atom. The molecule has 2 saturated carbocycles. The molecule has 3 aliphatic rings. The number of rotatable bonds is 11. The molecule has 0 amide bonds. The number of ether oxygens (including phenoxy) is 2. The van der Waals surface area contributed by atoms with Gasteiger partial charge in [0.25, 0.3) is 0 Å². The Balaban J connectivity index is 0.000000206. The second kappa shape index (κ2) is 14.8. The van der Waals surface area contributed by atoms with Gasteiger partial charge in [0.05, 0.1) is 12.2 Å². The Morgan fingerprint density at radius 1 is 0.838 bits per heavy atom. The SMILES string of the molecule is CC(C)CN1CCC(OC2CC(NC(C)C)C2)CC1.CC(C)NC1CC(Oc2cc(C(C)C)ccn2)C1. The molecule has 3 fully saturated rings. The minimum atomic E-state index is 0.330. The van der Waals surface area contributed by atoms with Gasteiger partial charge in [-0.1, -0.05) is 55.4 Å². The quantitative estimate of drug-likeness (QED) is 0.390. The molecule has 0 aromatic carbocycles. The molecule has 0 spiro atoms. The maximum Gasteiger partial charge on any atom is 0.213 e. The normalized spacial score (nSPS) is 26.7. The highest BCUT2D eigenvalue weighted by atomic mass is 16.5. The van der Waals surface area contributed by atoms with Crippen LogP contribution in [-0.2, 0) is 4.74 Å². The Hall–Kier alpha value is -1.21. The summed E-state index contributed by atoms with van der Waals surface area (Å²) in [6.07, 6.45) is 10.3. The average molecular weight is 517 g/mol. The second-order valence-electron chi connectivity index (χ2n) is 13.0. The lowest BCUT2D eigenvalue weighted by atomic mass is 9.88. The molecule has 6 heteroatoms. The monoisotopic (exact) mass is 516 g/mol. The molecule has 2 aliphatic carbocycles. The molecule has 0 bridgehead atoms. The topological polar surface area (TPSA) is 58.7 Å². The summed E-state index contributed by atoms with van der Waals surface area (Å²) in [5.41, 5.74) is 1.29. The first-order valence-electron chi connectivity index (χ1n) is 15.1. The predicted octanol–water partition coefficient (Wildman–Crippen LogP) is 5.77. The van der Waals surface area contributed by atoms with Crippen LogP contribution >= 0.6 is 0 Å². The summed E-state index contributed by atoms with van der Waals surface area (Å²) in [6, 6.07) is 6.59. The van der Waals surface area contributed by atoms with Gasteiger partial charge in [-0.3, -0.25) is 0 Å². The van der Waals surface area contributed by atoms with E-state index in [0.29, 0.717) is 48.4 Å². The Kier molecular flexibility index (Phi) is 12.1. The van der Waals surface area contributed by atoms with Crippen LogP contribution in [0.15, 0.2) is 18.3 Å². The van der Waals surface area contributed by atoms with Gasteiger partial charge in [-0.15, -0.1) is 0 Å². The van der Waals surface area contributed by atoms with Gasteiger partial charge >= 0.3 is 0 Å². The fourth-order valence-electron chi connectivity index (χ4n) is 5.59. The number of pyridine rings is 1. The largest absolute Gasteiger partial charge is 0.474 e. The maximum atomic E-state index is 6.23. The minimum Gasteiger partial charge on any atom is -0.474 e. The van der Waals surface area contributed by atoms with Crippen molar-refractivity contribution in [3.63, 3.8) is 0 Å². The molecule has 37 heavy (non-hydrogen) atoms. The molecule has 2 N–H and O–H groups in total. The molecule has 212 valence electrons. The van der Waals surface area contributed by atoms with E-state index in [2.05, 4.69) is 88.0 Å². The minimum absolute atomic E-state index is 0.330. The number of piperidine rings is 1. The summed E-state index contributed by atoms with van der Waals surface area (Å²) in [5.74, 6) is 2.08. The van der Waals surface area contributed by atoms with Crippen molar-refractivity contribution in [2.24, 2.45) is 5.92 Å². The lowest BCUT2D eigenvalue weighted by Gasteiger charge is -2.41. The van der Waals surface area contributed by atoms with E-state index in [4.69, 9.17) is 9.47 Å². The van der Waals surface area contributed by atoms with Gasteiger partial charge < -0.3 is 25.0 Å². The van der Waals surface area contributed by atoms with Crippen LogP contribution in [0.1, 0.15) is 105 Å². The van der Waals surface area contributed by atoms with E-state index < -0.39 is 0 Å². The van der Waals surface area contributed by atoms with Crippen LogP contribution in [-0.4, -0.2) is 72.0 Å². The van der Waals surface area contributed by atoms with Crippen molar-refractivity contribution in [1.82, 2.24) is 20.5 Å². The fourth-order valence-corrected chi connectivity index (χ4v) is 5.59. The van der Waals surface area contributed by atoms with Gasteiger partial charge in [0.1, 0.15) is 6.10 Å². The third-order valence-corrected chi connectivity index (χ3v) is 7.58. The van der Waals surface area contributed by atoms with Crippen molar-refractivity contribution < 1.29 is 9.47 Å². The third-order valence-electron chi connectivity index (χ3n) is 7.58. The highest BCUT2D eigenvalue weighted by Gasteiger charge is 2.33. The number of aromatic nitrogens is 1. The van der Waals surface area contributed by atoms with Crippen molar-refractivity contribution in [2.75, 3.05) is 19.6 Å². The summed E-state index contributed by atoms with van der Waals surface area (Å²) in [6.45, 7) is 21.5. The molecule has 0 radical (unpaired) electrons. The lowest BCUT2D eigenvalue weighted by Crippen LogP contribution is -2.50. The van der Waals surface area contributed by atoms with E-state index in [1.807, 2.05) is 6.20 Å². The number of hydrogen-bond donors (Lipinski definition) is 2. The van der Waals surface area contributed by atoms with Crippen LogP contribution < -0.4 is 15.4 Å². The zero-order chi connectivity index (χ0) is 26.9. The third kappa shape index (κ3) is 10.8. The molecular formula is C31H56N4O2. The van der Waals surface area contributed by atoms with Gasteiger partial charge in [0, 0.05) is 56.1 Å². The summed E-state index contributed by atoms with van der Waals surface area (Å²) < 4.78 is 12.1. The molecule has 1 aliphatic heterocycles. The number of hydrogen-bond acceptors (Lipinski definition) is 6. The summed E-state index contributed by atoms with van der Waals surface area (Å²) in [5, 5.41) is 7.11. The lowest BCUT2D eigenvalue weighted by molar-refractivity contribution is -0.0855. The molecule has 2 heterocycles. The first-order valence-corrected chi connectivity index (χ1v) is 15.1. The van der Waals surface area contributed by atoms with E-state index in [9.17, 15) is 0 Å². The second-order valence-corrected chi connectivity index (χ2v) is 13.0. The van der Waals surface area contributed by atoms with Crippen LogP contribution in [0, 0.1) is 5.92 Å². The molecular weight excluding hydrogens is 460 g/mol. The predicted molar refractivity (Wildman–Crippen MR) is 155 cm³/mol. The van der Waals surface area contributed by atoms with Gasteiger partial charge in [-0.2, -0.15) is 0 Å². The van der Waals surface area contributed by atoms with Crippen molar-refractivity contribution in [3.8, 4) is 5.88 Å². The van der Waals surface area contributed by atoms with E-state index in [1.54, 1.807) is 0 Å². The van der Waals surface area contributed by atoms with Gasteiger partial charge in [0.2, 0.25) is 5.88 Å². The molecule has 0 unspecified atom stereocenters. The van der Waals surface area contributed by atoms with Gasteiger partial charge in [-0.05, 0) is 62.0 Å². The van der Waals surface area contributed by atoms with E-state index >= 15 is 0 Å². The van der Waals surface area contributed by atoms with Crippen LogP contribution in [0.5, 0.6) is 5.88 Å². The van der Waals surface area contributed by atoms with E-state index in [0.717, 1.165) is 24.6 Å². The zero-order valence-electron chi connectivity index (χ0n) is 25.0. The molecule has 1 saturated heterocycles. The van der Waals surface area contributed by atoms with E-state index in [1.165, 1.54) is 50.9 Å². The molecule has 1 aromatic heterocycles. The Bertz CT molecular complexity index is 764. The Morgan fingerprint density at radius 3 is 1.92 bits per heavy atom. The first kappa shape index (κ1) is 30.3. The first-order chi connectivity index (χ1) is 17.6.